The van der Waals surface area contributed by atoms with Gasteiger partial charge < -0.3 is 19.9 Å². The fraction of sp³-hybridized carbons (Fsp3) is 0.261. The predicted octanol–water partition coefficient (Wildman–Crippen LogP) is 3.30. The molecule has 0 aliphatic heterocycles. The van der Waals surface area contributed by atoms with E-state index in [4.69, 9.17) is 4.74 Å². The molecule has 1 aliphatic carbocycles. The molecule has 2 aromatic carbocycles. The minimum absolute atomic E-state index is 0.0400. The SMILES string of the molecule is COc1ccccc1C(NC(=O)c1ccc(NC(=O)C2CC2)cc1)c1nccn1C. The summed E-state index contributed by atoms with van der Waals surface area (Å²) >= 11 is 0. The number of hydrogen-bond donors (Lipinski definition) is 2. The van der Waals surface area contributed by atoms with Crippen molar-refractivity contribution in [3.63, 3.8) is 0 Å². The molecule has 7 heteroatoms. The van der Waals surface area contributed by atoms with Crippen LogP contribution in [0, 0.1) is 5.92 Å². The number of methoxy groups -OCH3 is 1. The zero-order valence-electron chi connectivity index (χ0n) is 17.0. The average Bonchev–Trinajstić information content (AvgIpc) is 3.54. The minimum Gasteiger partial charge on any atom is -0.496 e. The van der Waals surface area contributed by atoms with Crippen LogP contribution in [0.5, 0.6) is 5.75 Å². The Morgan fingerprint density at radius 1 is 1.13 bits per heavy atom. The second-order valence-corrected chi connectivity index (χ2v) is 7.39. The van der Waals surface area contributed by atoms with E-state index in [0.717, 1.165) is 18.4 Å². The molecule has 1 heterocycles. The maximum Gasteiger partial charge on any atom is 0.252 e. The van der Waals surface area contributed by atoms with E-state index < -0.39 is 6.04 Å². The number of aromatic nitrogens is 2. The number of benzene rings is 2. The Hall–Kier alpha value is -3.61. The van der Waals surface area contributed by atoms with Crippen molar-refractivity contribution in [2.24, 2.45) is 13.0 Å². The van der Waals surface area contributed by atoms with Crippen molar-refractivity contribution in [1.29, 1.82) is 0 Å². The van der Waals surface area contributed by atoms with Crippen LogP contribution in [0.1, 0.15) is 40.6 Å². The van der Waals surface area contributed by atoms with E-state index >= 15 is 0 Å². The van der Waals surface area contributed by atoms with Crippen molar-refractivity contribution >= 4 is 17.5 Å². The molecule has 154 valence electrons. The summed E-state index contributed by atoms with van der Waals surface area (Å²) in [7, 11) is 3.49. The summed E-state index contributed by atoms with van der Waals surface area (Å²) in [5.41, 5.74) is 2.00. The molecule has 1 unspecified atom stereocenters. The van der Waals surface area contributed by atoms with Crippen LogP contribution in [0.4, 0.5) is 5.69 Å². The van der Waals surface area contributed by atoms with Gasteiger partial charge >= 0.3 is 0 Å². The molecule has 2 amide bonds. The molecule has 30 heavy (non-hydrogen) atoms. The lowest BCUT2D eigenvalue weighted by molar-refractivity contribution is -0.117. The van der Waals surface area contributed by atoms with Gasteiger partial charge in [-0.15, -0.1) is 0 Å². The van der Waals surface area contributed by atoms with E-state index in [2.05, 4.69) is 15.6 Å². The van der Waals surface area contributed by atoms with Gasteiger partial charge in [0.25, 0.3) is 5.91 Å². The highest BCUT2D eigenvalue weighted by Crippen LogP contribution is 2.31. The second-order valence-electron chi connectivity index (χ2n) is 7.39. The molecule has 1 fully saturated rings. The number of rotatable bonds is 7. The largest absolute Gasteiger partial charge is 0.496 e. The van der Waals surface area contributed by atoms with Gasteiger partial charge in [-0.2, -0.15) is 0 Å². The van der Waals surface area contributed by atoms with Crippen molar-refractivity contribution in [2.45, 2.75) is 18.9 Å². The summed E-state index contributed by atoms with van der Waals surface area (Å²) in [4.78, 5) is 29.3. The summed E-state index contributed by atoms with van der Waals surface area (Å²) in [5, 5.41) is 5.95. The molecule has 4 rings (SSSR count). The Balaban J connectivity index is 1.56. The van der Waals surface area contributed by atoms with Crippen molar-refractivity contribution < 1.29 is 14.3 Å². The van der Waals surface area contributed by atoms with Gasteiger partial charge in [0.05, 0.1) is 7.11 Å². The van der Waals surface area contributed by atoms with Crippen molar-refractivity contribution in [3.05, 3.63) is 77.9 Å². The summed E-state index contributed by atoms with van der Waals surface area (Å²) in [6.07, 6.45) is 5.43. The number of ether oxygens (including phenoxy) is 1. The minimum atomic E-state index is -0.483. The zero-order chi connectivity index (χ0) is 21.1. The van der Waals surface area contributed by atoms with Crippen molar-refractivity contribution in [2.75, 3.05) is 12.4 Å². The number of para-hydroxylation sites is 1. The zero-order valence-corrected chi connectivity index (χ0v) is 17.0. The molecule has 0 radical (unpaired) electrons. The van der Waals surface area contributed by atoms with Crippen LogP contribution in [0.2, 0.25) is 0 Å². The molecule has 0 saturated heterocycles. The van der Waals surface area contributed by atoms with Crippen molar-refractivity contribution in [1.82, 2.24) is 14.9 Å². The highest BCUT2D eigenvalue weighted by atomic mass is 16.5. The number of anilines is 1. The van der Waals surface area contributed by atoms with Crippen LogP contribution in [-0.2, 0) is 11.8 Å². The number of imidazole rings is 1. The standard InChI is InChI=1S/C23H24N4O3/c1-27-14-13-24-21(27)20(18-5-3-4-6-19(18)30-2)26-23(29)16-9-11-17(12-10-16)25-22(28)15-7-8-15/h3-6,9-15,20H,7-8H2,1-2H3,(H,25,28)(H,26,29). The number of amides is 2. The fourth-order valence-corrected chi connectivity index (χ4v) is 3.35. The molecule has 2 N–H and O–H groups in total. The fourth-order valence-electron chi connectivity index (χ4n) is 3.35. The summed E-state index contributed by atoms with van der Waals surface area (Å²) in [5.74, 6) is 1.30. The maximum atomic E-state index is 13.0. The quantitative estimate of drug-likeness (QED) is 0.633. The monoisotopic (exact) mass is 404 g/mol. The summed E-state index contributed by atoms with van der Waals surface area (Å²) < 4.78 is 7.37. The lowest BCUT2D eigenvalue weighted by Gasteiger charge is -2.21. The first kappa shape index (κ1) is 19.7. The van der Waals surface area contributed by atoms with Crippen LogP contribution in [-0.4, -0.2) is 28.5 Å². The first-order chi connectivity index (χ1) is 14.6. The topological polar surface area (TPSA) is 85.2 Å². The molecule has 1 atom stereocenters. The van der Waals surface area contributed by atoms with Gasteiger partial charge in [-0.1, -0.05) is 18.2 Å². The van der Waals surface area contributed by atoms with Gasteiger partial charge in [-0.05, 0) is 43.2 Å². The third-order valence-electron chi connectivity index (χ3n) is 5.20. The van der Waals surface area contributed by atoms with Crippen LogP contribution < -0.4 is 15.4 Å². The molecule has 1 aliphatic rings. The smallest absolute Gasteiger partial charge is 0.252 e. The van der Waals surface area contributed by atoms with E-state index in [-0.39, 0.29) is 17.7 Å². The second kappa shape index (κ2) is 8.41. The summed E-state index contributed by atoms with van der Waals surface area (Å²) in [6.45, 7) is 0. The summed E-state index contributed by atoms with van der Waals surface area (Å²) in [6, 6.07) is 14.0. The van der Waals surface area contributed by atoms with E-state index in [0.29, 0.717) is 22.8 Å². The van der Waals surface area contributed by atoms with Gasteiger partial charge in [0, 0.05) is 42.2 Å². The van der Waals surface area contributed by atoms with E-state index in [9.17, 15) is 9.59 Å². The Bertz CT molecular complexity index is 1050. The first-order valence-corrected chi connectivity index (χ1v) is 9.88. The molecule has 3 aromatic rings. The Morgan fingerprint density at radius 3 is 2.50 bits per heavy atom. The molecule has 0 spiro atoms. The first-order valence-electron chi connectivity index (χ1n) is 9.88. The van der Waals surface area contributed by atoms with Crippen LogP contribution >= 0.6 is 0 Å². The van der Waals surface area contributed by atoms with E-state index in [1.807, 2.05) is 42.1 Å². The van der Waals surface area contributed by atoms with Crippen LogP contribution in [0.3, 0.4) is 0 Å². The Kier molecular flexibility index (Phi) is 5.52. The Morgan fingerprint density at radius 2 is 1.87 bits per heavy atom. The van der Waals surface area contributed by atoms with Crippen LogP contribution in [0.25, 0.3) is 0 Å². The Labute approximate surface area is 175 Å². The highest BCUT2D eigenvalue weighted by molar-refractivity contribution is 5.97. The molecule has 7 nitrogen and oxygen atoms in total. The van der Waals surface area contributed by atoms with E-state index in [1.165, 1.54) is 0 Å². The molecule has 1 aromatic heterocycles. The molecular formula is C23H24N4O3. The maximum absolute atomic E-state index is 13.0. The number of nitrogens with one attached hydrogen (secondary N) is 2. The van der Waals surface area contributed by atoms with Gasteiger partial charge in [0.1, 0.15) is 17.6 Å². The van der Waals surface area contributed by atoms with E-state index in [1.54, 1.807) is 37.6 Å². The van der Waals surface area contributed by atoms with Gasteiger partial charge in [-0.25, -0.2) is 4.98 Å². The molecule has 0 bridgehead atoms. The third-order valence-corrected chi connectivity index (χ3v) is 5.20. The lowest BCUT2D eigenvalue weighted by Crippen LogP contribution is -2.31. The number of carbonyl (C=O) groups is 2. The van der Waals surface area contributed by atoms with Crippen molar-refractivity contribution in [3.8, 4) is 5.75 Å². The third kappa shape index (κ3) is 4.20. The average molecular weight is 404 g/mol. The van der Waals surface area contributed by atoms with Crippen LogP contribution in [0.15, 0.2) is 60.9 Å². The number of carbonyl (C=O) groups excluding carboxylic acids is 2. The highest BCUT2D eigenvalue weighted by Gasteiger charge is 2.29. The molecular weight excluding hydrogens is 380 g/mol. The predicted molar refractivity (Wildman–Crippen MR) is 113 cm³/mol. The lowest BCUT2D eigenvalue weighted by atomic mass is 10.0. The number of aryl methyl sites for hydroxylation is 1. The van der Waals surface area contributed by atoms with Gasteiger partial charge in [0.15, 0.2) is 0 Å². The van der Waals surface area contributed by atoms with Gasteiger partial charge in [0.2, 0.25) is 5.91 Å². The number of hydrogen-bond acceptors (Lipinski definition) is 4. The molecule has 1 saturated carbocycles. The number of nitrogens with zero attached hydrogens (tertiary/aromatic N) is 2. The van der Waals surface area contributed by atoms with Gasteiger partial charge in [-0.3, -0.25) is 9.59 Å². The normalized spacial score (nSPS) is 14.1.